The zero-order chi connectivity index (χ0) is 19.1. The molecule has 1 heterocycles. The van der Waals surface area contributed by atoms with Gasteiger partial charge in [-0.15, -0.1) is 0 Å². The van der Waals surface area contributed by atoms with Crippen LogP contribution in [0.2, 0.25) is 0 Å². The second-order valence-electron chi connectivity index (χ2n) is 6.64. The highest BCUT2D eigenvalue weighted by molar-refractivity contribution is 5.80. The fourth-order valence-corrected chi connectivity index (χ4v) is 3.27. The largest absolute Gasteiger partial charge is 0.369 e. The number of rotatable bonds is 4. The average molecular weight is 365 g/mol. The highest BCUT2D eigenvalue weighted by atomic mass is 19.1. The Balaban J connectivity index is 1.55. The topological polar surface area (TPSA) is 63.5 Å². The molecule has 0 bridgehead atoms. The van der Waals surface area contributed by atoms with Gasteiger partial charge in [-0.3, -0.25) is 4.99 Å². The lowest BCUT2D eigenvalue weighted by molar-refractivity contribution is 0.467. The van der Waals surface area contributed by atoms with Gasteiger partial charge in [0.1, 0.15) is 5.82 Å². The number of piperidine rings is 1. The van der Waals surface area contributed by atoms with Crippen molar-refractivity contribution in [2.75, 3.05) is 25.0 Å². The third kappa shape index (κ3) is 5.20. The molecule has 6 heteroatoms. The molecule has 1 unspecified atom stereocenters. The SMILES string of the molecule is CN=C(NCc1ccc(C#N)cc1)NC1CCCN(c2cccc(F)c2)C1. The van der Waals surface area contributed by atoms with Crippen LogP contribution in [0.3, 0.4) is 0 Å². The molecule has 3 rings (SSSR count). The Hall–Kier alpha value is -3.07. The van der Waals surface area contributed by atoms with Gasteiger partial charge in [-0.2, -0.15) is 5.26 Å². The van der Waals surface area contributed by atoms with Crippen molar-refractivity contribution >= 4 is 11.6 Å². The molecule has 2 aromatic rings. The maximum atomic E-state index is 13.5. The first-order valence-electron chi connectivity index (χ1n) is 9.14. The van der Waals surface area contributed by atoms with Crippen molar-refractivity contribution in [3.8, 4) is 6.07 Å². The van der Waals surface area contributed by atoms with Gasteiger partial charge in [0, 0.05) is 38.4 Å². The summed E-state index contributed by atoms with van der Waals surface area (Å²) in [5.74, 6) is 0.535. The Morgan fingerprint density at radius 2 is 2.11 bits per heavy atom. The summed E-state index contributed by atoms with van der Waals surface area (Å²) >= 11 is 0. The third-order valence-corrected chi connectivity index (χ3v) is 4.70. The van der Waals surface area contributed by atoms with Gasteiger partial charge in [0.25, 0.3) is 0 Å². The second-order valence-corrected chi connectivity index (χ2v) is 6.64. The van der Waals surface area contributed by atoms with Gasteiger partial charge in [0.15, 0.2) is 5.96 Å². The molecule has 140 valence electrons. The number of nitrogens with one attached hydrogen (secondary N) is 2. The van der Waals surface area contributed by atoms with Crippen molar-refractivity contribution < 1.29 is 4.39 Å². The van der Waals surface area contributed by atoms with E-state index < -0.39 is 0 Å². The maximum absolute atomic E-state index is 13.5. The van der Waals surface area contributed by atoms with E-state index in [-0.39, 0.29) is 11.9 Å². The number of hydrogen-bond acceptors (Lipinski definition) is 3. The lowest BCUT2D eigenvalue weighted by Gasteiger charge is -2.35. The van der Waals surface area contributed by atoms with E-state index in [1.807, 2.05) is 30.3 Å². The monoisotopic (exact) mass is 365 g/mol. The fraction of sp³-hybridized carbons (Fsp3) is 0.333. The van der Waals surface area contributed by atoms with Crippen LogP contribution in [-0.2, 0) is 6.54 Å². The van der Waals surface area contributed by atoms with Crippen molar-refractivity contribution in [2.24, 2.45) is 4.99 Å². The zero-order valence-electron chi connectivity index (χ0n) is 15.5. The van der Waals surface area contributed by atoms with E-state index in [4.69, 9.17) is 5.26 Å². The number of aliphatic imine (C=N–C) groups is 1. The smallest absolute Gasteiger partial charge is 0.191 e. The Labute approximate surface area is 159 Å². The molecule has 1 atom stereocenters. The molecular formula is C21H24FN5. The van der Waals surface area contributed by atoms with Gasteiger partial charge in [-0.25, -0.2) is 4.39 Å². The van der Waals surface area contributed by atoms with Crippen LogP contribution in [0.5, 0.6) is 0 Å². The molecular weight excluding hydrogens is 341 g/mol. The van der Waals surface area contributed by atoms with Gasteiger partial charge in [-0.1, -0.05) is 18.2 Å². The molecule has 27 heavy (non-hydrogen) atoms. The summed E-state index contributed by atoms with van der Waals surface area (Å²) < 4.78 is 13.5. The van der Waals surface area contributed by atoms with Crippen molar-refractivity contribution in [3.63, 3.8) is 0 Å². The normalized spacial score (nSPS) is 17.3. The molecule has 0 spiro atoms. The van der Waals surface area contributed by atoms with E-state index in [9.17, 15) is 4.39 Å². The van der Waals surface area contributed by atoms with Crippen LogP contribution in [-0.4, -0.2) is 32.1 Å². The van der Waals surface area contributed by atoms with Crippen LogP contribution >= 0.6 is 0 Å². The number of benzene rings is 2. The minimum absolute atomic E-state index is 0.206. The lowest BCUT2D eigenvalue weighted by atomic mass is 10.0. The van der Waals surface area contributed by atoms with Gasteiger partial charge >= 0.3 is 0 Å². The number of guanidine groups is 1. The molecule has 1 saturated heterocycles. The Morgan fingerprint density at radius 1 is 1.30 bits per heavy atom. The standard InChI is InChI=1S/C21H24FN5/c1-24-21(25-14-17-9-7-16(13-23)8-10-17)26-19-5-3-11-27(15-19)20-6-2-4-18(22)12-20/h2,4,6-10,12,19H,3,5,11,14-15H2,1H3,(H2,24,25,26). The minimum Gasteiger partial charge on any atom is -0.369 e. The number of hydrogen-bond donors (Lipinski definition) is 2. The quantitative estimate of drug-likeness (QED) is 0.646. The predicted molar refractivity (Wildman–Crippen MR) is 106 cm³/mol. The van der Waals surface area contributed by atoms with Crippen molar-refractivity contribution in [2.45, 2.75) is 25.4 Å². The molecule has 5 nitrogen and oxygen atoms in total. The Morgan fingerprint density at radius 3 is 2.81 bits per heavy atom. The number of nitriles is 1. The average Bonchev–Trinajstić information content (AvgIpc) is 2.71. The van der Waals surface area contributed by atoms with Crippen LogP contribution in [0.15, 0.2) is 53.5 Å². The Bertz CT molecular complexity index is 825. The number of nitrogens with zero attached hydrogens (tertiary/aromatic N) is 3. The zero-order valence-corrected chi connectivity index (χ0v) is 15.5. The van der Waals surface area contributed by atoms with E-state index in [1.165, 1.54) is 6.07 Å². The summed E-state index contributed by atoms with van der Waals surface area (Å²) in [5, 5.41) is 15.6. The summed E-state index contributed by atoms with van der Waals surface area (Å²) in [7, 11) is 1.75. The highest BCUT2D eigenvalue weighted by Gasteiger charge is 2.21. The van der Waals surface area contributed by atoms with Crippen LogP contribution < -0.4 is 15.5 Å². The second kappa shape index (κ2) is 9.04. The van der Waals surface area contributed by atoms with E-state index in [0.29, 0.717) is 12.1 Å². The first kappa shape index (κ1) is 18.7. The summed E-state index contributed by atoms with van der Waals surface area (Å²) in [6.45, 7) is 2.37. The summed E-state index contributed by atoms with van der Waals surface area (Å²) in [4.78, 5) is 6.51. The maximum Gasteiger partial charge on any atom is 0.191 e. The summed E-state index contributed by atoms with van der Waals surface area (Å²) in [6, 6.07) is 16.6. The molecule has 2 N–H and O–H groups in total. The molecule has 0 aromatic heterocycles. The van der Waals surface area contributed by atoms with E-state index in [1.54, 1.807) is 19.2 Å². The summed E-state index contributed by atoms with van der Waals surface area (Å²) in [5.41, 5.74) is 2.66. The van der Waals surface area contributed by atoms with Crippen molar-refractivity contribution in [3.05, 3.63) is 65.5 Å². The van der Waals surface area contributed by atoms with Gasteiger partial charge in [0.05, 0.1) is 11.6 Å². The van der Waals surface area contributed by atoms with E-state index in [0.717, 1.165) is 43.1 Å². The predicted octanol–water partition coefficient (Wildman–Crippen LogP) is 3.03. The molecule has 0 aliphatic carbocycles. The molecule has 0 saturated carbocycles. The lowest BCUT2D eigenvalue weighted by Crippen LogP contribution is -2.51. The minimum atomic E-state index is -0.206. The number of halogens is 1. The van der Waals surface area contributed by atoms with Gasteiger partial charge < -0.3 is 15.5 Å². The van der Waals surface area contributed by atoms with Crippen LogP contribution in [0.4, 0.5) is 10.1 Å². The van der Waals surface area contributed by atoms with Gasteiger partial charge in [-0.05, 0) is 48.7 Å². The van der Waals surface area contributed by atoms with Gasteiger partial charge in [0.2, 0.25) is 0 Å². The van der Waals surface area contributed by atoms with Crippen LogP contribution in [0, 0.1) is 17.1 Å². The Kier molecular flexibility index (Phi) is 6.26. The molecule has 1 aliphatic rings. The molecule has 2 aromatic carbocycles. The van der Waals surface area contributed by atoms with Crippen LogP contribution in [0.1, 0.15) is 24.0 Å². The van der Waals surface area contributed by atoms with E-state index >= 15 is 0 Å². The first-order chi connectivity index (χ1) is 13.2. The molecule has 0 amide bonds. The molecule has 0 radical (unpaired) electrons. The van der Waals surface area contributed by atoms with Crippen molar-refractivity contribution in [1.82, 2.24) is 10.6 Å². The third-order valence-electron chi connectivity index (χ3n) is 4.70. The molecule has 1 aliphatic heterocycles. The molecule has 1 fully saturated rings. The summed E-state index contributed by atoms with van der Waals surface area (Å²) in [6.07, 6.45) is 2.09. The van der Waals surface area contributed by atoms with Crippen LogP contribution in [0.25, 0.3) is 0 Å². The number of anilines is 1. The van der Waals surface area contributed by atoms with E-state index in [2.05, 4.69) is 26.6 Å². The fourth-order valence-electron chi connectivity index (χ4n) is 3.27. The first-order valence-corrected chi connectivity index (χ1v) is 9.14. The van der Waals surface area contributed by atoms with Crippen molar-refractivity contribution in [1.29, 1.82) is 5.26 Å². The highest BCUT2D eigenvalue weighted by Crippen LogP contribution is 2.20.